The van der Waals surface area contributed by atoms with Crippen LogP contribution in [0.5, 0.6) is 0 Å². The van der Waals surface area contributed by atoms with Crippen molar-refractivity contribution >= 4 is 18.3 Å². The first kappa shape index (κ1) is 24.5. The van der Waals surface area contributed by atoms with Crippen molar-refractivity contribution in [2.45, 2.75) is 32.4 Å². The fourth-order valence-corrected chi connectivity index (χ4v) is 3.47. The van der Waals surface area contributed by atoms with Crippen molar-refractivity contribution in [1.82, 2.24) is 35.4 Å². The van der Waals surface area contributed by atoms with Gasteiger partial charge in [0.2, 0.25) is 0 Å². The predicted octanol–water partition coefficient (Wildman–Crippen LogP) is 0.662. The van der Waals surface area contributed by atoms with E-state index in [1.54, 1.807) is 23.4 Å². The molecule has 0 saturated heterocycles. The topological polar surface area (TPSA) is 174 Å². The smallest absolute Gasteiger partial charge is 0.290 e. The molecule has 0 saturated carbocycles. The molecule has 0 fully saturated rings. The first-order chi connectivity index (χ1) is 16.5. The molecule has 34 heavy (non-hydrogen) atoms. The van der Waals surface area contributed by atoms with Crippen molar-refractivity contribution in [3.05, 3.63) is 59.4 Å². The summed E-state index contributed by atoms with van der Waals surface area (Å²) in [6.45, 7) is 2.28. The second-order valence-corrected chi connectivity index (χ2v) is 7.41. The van der Waals surface area contributed by atoms with Crippen LogP contribution in [0.2, 0.25) is 0 Å². The number of carbonyl (C=O) groups excluding carboxylic acids is 2. The number of fused-ring (bicyclic) bond motifs is 1. The zero-order valence-corrected chi connectivity index (χ0v) is 18.5. The zero-order chi connectivity index (χ0) is 24.5. The van der Waals surface area contributed by atoms with Crippen LogP contribution < -0.4 is 5.32 Å². The van der Waals surface area contributed by atoms with Gasteiger partial charge in [-0.2, -0.15) is 5.10 Å². The Bertz CT molecular complexity index is 1110. The van der Waals surface area contributed by atoms with Gasteiger partial charge >= 0.3 is 0 Å². The monoisotopic (exact) mass is 467 g/mol. The molecule has 4 heterocycles. The summed E-state index contributed by atoms with van der Waals surface area (Å²) in [7, 11) is 0. The number of H-pyrrole nitrogens is 1. The molecule has 12 heteroatoms. The van der Waals surface area contributed by atoms with Crippen molar-refractivity contribution in [3.63, 3.8) is 0 Å². The van der Waals surface area contributed by atoms with Gasteiger partial charge in [-0.25, -0.2) is 9.97 Å². The fourth-order valence-electron chi connectivity index (χ4n) is 3.47. The average molecular weight is 467 g/mol. The van der Waals surface area contributed by atoms with E-state index in [0.29, 0.717) is 43.0 Å². The van der Waals surface area contributed by atoms with Gasteiger partial charge in [0.15, 0.2) is 11.5 Å². The van der Waals surface area contributed by atoms with Gasteiger partial charge < -0.3 is 20.4 Å². The summed E-state index contributed by atoms with van der Waals surface area (Å²) in [5.41, 5.74) is 3.02. The summed E-state index contributed by atoms with van der Waals surface area (Å²) in [5, 5.41) is 26.0. The number of amides is 2. The maximum Gasteiger partial charge on any atom is 0.290 e. The van der Waals surface area contributed by atoms with Gasteiger partial charge in [0.1, 0.15) is 0 Å². The van der Waals surface area contributed by atoms with E-state index in [4.69, 9.17) is 9.90 Å². The predicted molar refractivity (Wildman–Crippen MR) is 120 cm³/mol. The molecule has 0 radical (unpaired) electrons. The van der Waals surface area contributed by atoms with Gasteiger partial charge in [0.05, 0.1) is 30.5 Å². The standard InChI is InChI=1S/C21H23N7O3.CH2O2/c1-2-15(12-29)25-20(30)18-16-5-7-28(11-17(16)26-27-18)21(31)14-9-23-19(24-10-14)13-4-3-6-22-8-13;2-1-3/h3-4,6,8-10,15,29H,2,5,7,11-12H2,1H3,(H,25,30)(H,26,27);1H,(H,2,3)/t15-;/m0./s1. The lowest BCUT2D eigenvalue weighted by Gasteiger charge is -2.26. The summed E-state index contributed by atoms with van der Waals surface area (Å²) in [4.78, 5) is 48.1. The minimum atomic E-state index is -0.322. The number of aliphatic hydroxyl groups is 1. The summed E-state index contributed by atoms with van der Waals surface area (Å²) < 4.78 is 0. The van der Waals surface area contributed by atoms with E-state index >= 15 is 0 Å². The Morgan fingerprint density at radius 1 is 1.29 bits per heavy atom. The Kier molecular flexibility index (Phi) is 8.35. The molecule has 2 amide bonds. The largest absolute Gasteiger partial charge is 0.483 e. The lowest BCUT2D eigenvalue weighted by atomic mass is 10.0. The third-order valence-corrected chi connectivity index (χ3v) is 5.30. The van der Waals surface area contributed by atoms with Gasteiger partial charge in [0.25, 0.3) is 18.3 Å². The number of nitrogens with zero attached hydrogens (tertiary/aromatic N) is 5. The van der Waals surface area contributed by atoms with Crippen molar-refractivity contribution in [2.75, 3.05) is 13.2 Å². The molecule has 1 aliphatic rings. The molecule has 3 aromatic heterocycles. The molecular formula is C22H25N7O5. The summed E-state index contributed by atoms with van der Waals surface area (Å²) in [5.74, 6) is -0.00375. The van der Waals surface area contributed by atoms with Crippen LogP contribution in [0.4, 0.5) is 0 Å². The van der Waals surface area contributed by atoms with E-state index in [9.17, 15) is 14.7 Å². The normalized spacial score (nSPS) is 13.2. The van der Waals surface area contributed by atoms with Crippen molar-refractivity contribution in [3.8, 4) is 11.4 Å². The summed E-state index contributed by atoms with van der Waals surface area (Å²) >= 11 is 0. The van der Waals surface area contributed by atoms with Crippen LogP contribution in [0.25, 0.3) is 11.4 Å². The van der Waals surface area contributed by atoms with Crippen LogP contribution in [-0.2, 0) is 17.8 Å². The number of aromatic nitrogens is 5. The van der Waals surface area contributed by atoms with E-state index in [1.165, 1.54) is 12.4 Å². The quantitative estimate of drug-likeness (QED) is 0.380. The molecule has 4 rings (SSSR count). The number of rotatable bonds is 6. The van der Waals surface area contributed by atoms with Crippen LogP contribution in [0, 0.1) is 0 Å². The molecular weight excluding hydrogens is 442 g/mol. The molecule has 0 aromatic carbocycles. The number of carbonyl (C=O) groups is 3. The number of aliphatic hydroxyl groups excluding tert-OH is 1. The minimum absolute atomic E-state index is 0.126. The van der Waals surface area contributed by atoms with Crippen molar-refractivity contribution in [2.24, 2.45) is 0 Å². The molecule has 12 nitrogen and oxygen atoms in total. The second kappa shape index (κ2) is 11.6. The lowest BCUT2D eigenvalue weighted by Crippen LogP contribution is -2.39. The Morgan fingerprint density at radius 2 is 2.03 bits per heavy atom. The number of nitrogens with one attached hydrogen (secondary N) is 2. The van der Waals surface area contributed by atoms with Crippen LogP contribution in [-0.4, -0.2) is 77.7 Å². The van der Waals surface area contributed by atoms with Gasteiger partial charge in [0, 0.05) is 42.5 Å². The van der Waals surface area contributed by atoms with Gasteiger partial charge in [-0.05, 0) is 25.0 Å². The van der Waals surface area contributed by atoms with E-state index in [2.05, 4.69) is 30.5 Å². The van der Waals surface area contributed by atoms with Crippen LogP contribution in [0.3, 0.4) is 0 Å². The Morgan fingerprint density at radius 3 is 2.65 bits per heavy atom. The van der Waals surface area contributed by atoms with Crippen LogP contribution in [0.15, 0.2) is 36.9 Å². The first-order valence-electron chi connectivity index (χ1n) is 10.6. The highest BCUT2D eigenvalue weighted by atomic mass is 16.3. The number of hydrogen-bond donors (Lipinski definition) is 4. The minimum Gasteiger partial charge on any atom is -0.483 e. The Balaban J connectivity index is 0.00000103. The van der Waals surface area contributed by atoms with Crippen LogP contribution >= 0.6 is 0 Å². The van der Waals surface area contributed by atoms with E-state index in [-0.39, 0.29) is 30.9 Å². The van der Waals surface area contributed by atoms with Gasteiger partial charge in [-0.3, -0.25) is 24.5 Å². The fraction of sp³-hybridized carbons (Fsp3) is 0.318. The second-order valence-electron chi connectivity index (χ2n) is 7.41. The lowest BCUT2D eigenvalue weighted by molar-refractivity contribution is -0.122. The molecule has 4 N–H and O–H groups in total. The van der Waals surface area contributed by atoms with E-state index in [1.807, 2.05) is 13.0 Å². The highest BCUT2D eigenvalue weighted by Gasteiger charge is 2.28. The van der Waals surface area contributed by atoms with E-state index in [0.717, 1.165) is 16.8 Å². The van der Waals surface area contributed by atoms with E-state index < -0.39 is 0 Å². The molecule has 0 spiro atoms. The summed E-state index contributed by atoms with van der Waals surface area (Å²) in [6, 6.07) is 3.34. The molecule has 178 valence electrons. The third-order valence-electron chi connectivity index (χ3n) is 5.30. The molecule has 0 bridgehead atoms. The maximum atomic E-state index is 12.9. The summed E-state index contributed by atoms with van der Waals surface area (Å²) in [6.07, 6.45) is 7.49. The van der Waals surface area contributed by atoms with Crippen molar-refractivity contribution in [1.29, 1.82) is 0 Å². The maximum absolute atomic E-state index is 12.9. The third kappa shape index (κ3) is 5.59. The first-order valence-corrected chi connectivity index (χ1v) is 10.6. The van der Waals surface area contributed by atoms with Crippen molar-refractivity contribution < 1.29 is 24.6 Å². The highest BCUT2D eigenvalue weighted by Crippen LogP contribution is 2.22. The number of pyridine rings is 1. The van der Waals surface area contributed by atoms with Crippen LogP contribution in [0.1, 0.15) is 45.4 Å². The molecule has 3 aromatic rings. The van der Waals surface area contributed by atoms with Gasteiger partial charge in [-0.15, -0.1) is 0 Å². The zero-order valence-electron chi connectivity index (χ0n) is 18.5. The molecule has 0 aliphatic carbocycles. The number of hydrogen-bond acceptors (Lipinski definition) is 8. The number of carboxylic acid groups (broad SMARTS) is 1. The number of aromatic amines is 1. The van der Waals surface area contributed by atoms with Gasteiger partial charge in [-0.1, -0.05) is 6.92 Å². The highest BCUT2D eigenvalue weighted by molar-refractivity contribution is 5.95. The average Bonchev–Trinajstić information content (AvgIpc) is 3.31. The molecule has 1 aliphatic heterocycles. The SMILES string of the molecule is CC[C@@H](CO)NC(=O)c1n[nH]c2c1CCN(C(=O)c1cnc(-c3cccnc3)nc1)C2.O=CO. The molecule has 1 atom stereocenters. The Hall–Kier alpha value is -4.19. The Labute approximate surface area is 195 Å². The molecule has 0 unspecified atom stereocenters.